The molecule has 0 aliphatic rings. The van der Waals surface area contributed by atoms with Crippen molar-refractivity contribution in [3.05, 3.63) is 36.5 Å². The van der Waals surface area contributed by atoms with Crippen LogP contribution in [0.15, 0.2) is 36.5 Å². The van der Waals surface area contributed by atoms with E-state index < -0.39 is 12.1 Å². The normalized spacial score (nSPS) is 13.2. The summed E-state index contributed by atoms with van der Waals surface area (Å²) < 4.78 is 0. The summed E-state index contributed by atoms with van der Waals surface area (Å²) in [5.74, 6) is -0.0741. The summed E-state index contributed by atoms with van der Waals surface area (Å²) in [5.41, 5.74) is 0. The molecular formula is C50H95NO3. The van der Waals surface area contributed by atoms with Crippen LogP contribution >= 0.6 is 0 Å². The summed E-state index contributed by atoms with van der Waals surface area (Å²) in [6.07, 6.45) is 61.3. The van der Waals surface area contributed by atoms with Gasteiger partial charge < -0.3 is 15.5 Å². The largest absolute Gasteiger partial charge is 0.394 e. The fourth-order valence-electron chi connectivity index (χ4n) is 7.39. The number of rotatable bonds is 44. The maximum atomic E-state index is 12.4. The maximum Gasteiger partial charge on any atom is 0.220 e. The predicted octanol–water partition coefficient (Wildman–Crippen LogP) is 15.4. The molecule has 0 aromatic carbocycles. The van der Waals surface area contributed by atoms with Crippen molar-refractivity contribution in [2.75, 3.05) is 6.61 Å². The smallest absolute Gasteiger partial charge is 0.220 e. The van der Waals surface area contributed by atoms with Gasteiger partial charge >= 0.3 is 0 Å². The lowest BCUT2D eigenvalue weighted by atomic mass is 10.0. The van der Waals surface area contributed by atoms with Gasteiger partial charge in [-0.2, -0.15) is 0 Å². The van der Waals surface area contributed by atoms with Crippen molar-refractivity contribution in [2.45, 2.75) is 270 Å². The number of carbonyl (C=O) groups is 1. The van der Waals surface area contributed by atoms with Crippen molar-refractivity contribution in [1.82, 2.24) is 5.32 Å². The Bertz CT molecular complexity index is 821. The minimum absolute atomic E-state index is 0.0741. The fourth-order valence-corrected chi connectivity index (χ4v) is 7.39. The van der Waals surface area contributed by atoms with Crippen molar-refractivity contribution in [2.24, 2.45) is 0 Å². The molecule has 0 aromatic heterocycles. The molecule has 2 atom stereocenters. The first-order valence-electron chi connectivity index (χ1n) is 24.2. The van der Waals surface area contributed by atoms with Gasteiger partial charge in [0.15, 0.2) is 0 Å². The summed E-state index contributed by atoms with van der Waals surface area (Å²) >= 11 is 0. The number of nitrogens with one attached hydrogen (secondary N) is 1. The maximum absolute atomic E-state index is 12.4. The van der Waals surface area contributed by atoms with E-state index in [0.717, 1.165) is 38.5 Å². The molecule has 54 heavy (non-hydrogen) atoms. The molecule has 0 spiro atoms. The van der Waals surface area contributed by atoms with Crippen LogP contribution in [0.2, 0.25) is 0 Å². The van der Waals surface area contributed by atoms with Crippen LogP contribution in [-0.4, -0.2) is 34.9 Å². The molecule has 0 aromatic rings. The van der Waals surface area contributed by atoms with Crippen LogP contribution in [-0.2, 0) is 4.79 Å². The van der Waals surface area contributed by atoms with Gasteiger partial charge in [-0.3, -0.25) is 4.79 Å². The van der Waals surface area contributed by atoms with E-state index in [1.807, 2.05) is 6.08 Å². The summed E-state index contributed by atoms with van der Waals surface area (Å²) in [7, 11) is 0. The van der Waals surface area contributed by atoms with E-state index in [1.165, 1.54) is 199 Å². The number of hydrogen-bond acceptors (Lipinski definition) is 3. The minimum atomic E-state index is -0.867. The van der Waals surface area contributed by atoms with E-state index in [-0.39, 0.29) is 12.5 Å². The van der Waals surface area contributed by atoms with E-state index in [0.29, 0.717) is 6.42 Å². The zero-order valence-electron chi connectivity index (χ0n) is 36.5. The lowest BCUT2D eigenvalue weighted by molar-refractivity contribution is -0.123. The second-order valence-corrected chi connectivity index (χ2v) is 16.5. The van der Waals surface area contributed by atoms with E-state index in [9.17, 15) is 15.0 Å². The lowest BCUT2D eigenvalue weighted by Crippen LogP contribution is -2.45. The Kier molecular flexibility index (Phi) is 44.8. The topological polar surface area (TPSA) is 69.6 Å². The molecule has 4 nitrogen and oxygen atoms in total. The van der Waals surface area contributed by atoms with Gasteiger partial charge in [0.05, 0.1) is 18.8 Å². The van der Waals surface area contributed by atoms with Gasteiger partial charge in [-0.25, -0.2) is 0 Å². The fraction of sp³-hybridized carbons (Fsp3) is 0.860. The van der Waals surface area contributed by atoms with Crippen LogP contribution in [0.1, 0.15) is 258 Å². The molecular weight excluding hydrogens is 663 g/mol. The first-order valence-corrected chi connectivity index (χ1v) is 24.2. The molecule has 318 valence electrons. The third-order valence-corrected chi connectivity index (χ3v) is 11.1. The number of amides is 1. The first kappa shape index (κ1) is 52.6. The molecule has 0 saturated heterocycles. The number of aliphatic hydroxyl groups is 2. The van der Waals surface area contributed by atoms with Gasteiger partial charge in [0.25, 0.3) is 0 Å². The molecule has 0 radical (unpaired) electrons. The highest BCUT2D eigenvalue weighted by atomic mass is 16.3. The minimum Gasteiger partial charge on any atom is -0.394 e. The Morgan fingerprint density at radius 2 is 0.722 bits per heavy atom. The first-order chi connectivity index (χ1) is 26.7. The van der Waals surface area contributed by atoms with E-state index in [4.69, 9.17) is 0 Å². The number of aliphatic hydroxyl groups excluding tert-OH is 2. The Morgan fingerprint density at radius 1 is 0.426 bits per heavy atom. The lowest BCUT2D eigenvalue weighted by Gasteiger charge is -2.19. The number of carbonyl (C=O) groups excluding carboxylic acids is 1. The van der Waals surface area contributed by atoms with Crippen molar-refractivity contribution in [3.8, 4) is 0 Å². The van der Waals surface area contributed by atoms with E-state index in [2.05, 4.69) is 43.5 Å². The van der Waals surface area contributed by atoms with Gasteiger partial charge in [-0.05, 0) is 44.9 Å². The summed E-state index contributed by atoms with van der Waals surface area (Å²) in [5, 5.41) is 23.0. The van der Waals surface area contributed by atoms with Crippen LogP contribution in [0.4, 0.5) is 0 Å². The van der Waals surface area contributed by atoms with Crippen LogP contribution in [0.5, 0.6) is 0 Å². The van der Waals surface area contributed by atoms with Crippen molar-refractivity contribution >= 4 is 5.91 Å². The molecule has 3 N–H and O–H groups in total. The molecule has 1 amide bonds. The van der Waals surface area contributed by atoms with Gasteiger partial charge in [-0.1, -0.05) is 243 Å². The quantitative estimate of drug-likeness (QED) is 0.0428. The number of hydrogen-bond donors (Lipinski definition) is 3. The predicted molar refractivity (Wildman–Crippen MR) is 239 cm³/mol. The van der Waals surface area contributed by atoms with Gasteiger partial charge in [-0.15, -0.1) is 0 Å². The SMILES string of the molecule is CCCCCCCCC/C=C/CC/C=C/CC/C=C/C(O)C(CO)NC(=O)CCCCCCCCCCCCCCCCCCCCCCCCCCC. The monoisotopic (exact) mass is 758 g/mol. The Labute approximate surface area is 338 Å². The molecule has 0 saturated carbocycles. The molecule has 4 heteroatoms. The zero-order chi connectivity index (χ0) is 39.3. The molecule has 0 aliphatic heterocycles. The molecule has 0 aliphatic carbocycles. The molecule has 2 unspecified atom stereocenters. The summed E-state index contributed by atoms with van der Waals surface area (Å²) in [6, 6.07) is -0.642. The van der Waals surface area contributed by atoms with Crippen LogP contribution in [0, 0.1) is 0 Å². The Morgan fingerprint density at radius 3 is 1.07 bits per heavy atom. The summed E-state index contributed by atoms with van der Waals surface area (Å²) in [4.78, 5) is 12.4. The highest BCUT2D eigenvalue weighted by Gasteiger charge is 2.17. The molecule has 0 bridgehead atoms. The Balaban J connectivity index is 3.54. The van der Waals surface area contributed by atoms with Crippen molar-refractivity contribution in [3.63, 3.8) is 0 Å². The second-order valence-electron chi connectivity index (χ2n) is 16.5. The molecule has 0 fully saturated rings. The van der Waals surface area contributed by atoms with Crippen LogP contribution in [0.25, 0.3) is 0 Å². The average Bonchev–Trinajstić information content (AvgIpc) is 3.18. The number of allylic oxidation sites excluding steroid dienone is 5. The average molecular weight is 758 g/mol. The summed E-state index contributed by atoms with van der Waals surface area (Å²) in [6.45, 7) is 4.30. The standard InChI is InChI=1S/C50H95NO3/c1-3-5-7-9-11-13-15-17-19-21-22-23-24-25-26-27-28-30-32-34-36-38-40-42-44-46-50(54)51-48(47-52)49(53)45-43-41-39-37-35-33-31-29-20-18-16-14-12-10-8-6-4-2/h20,29,35,37,43,45,48-49,52-53H,3-19,21-28,30-34,36,38-42,44,46-47H2,1-2H3,(H,51,54)/b29-20+,37-35+,45-43+. The third kappa shape index (κ3) is 41.8. The highest BCUT2D eigenvalue weighted by Crippen LogP contribution is 2.16. The van der Waals surface area contributed by atoms with Crippen molar-refractivity contribution < 1.29 is 15.0 Å². The van der Waals surface area contributed by atoms with E-state index in [1.54, 1.807) is 6.08 Å². The van der Waals surface area contributed by atoms with Crippen LogP contribution in [0.3, 0.4) is 0 Å². The van der Waals surface area contributed by atoms with E-state index >= 15 is 0 Å². The molecule has 0 heterocycles. The second kappa shape index (κ2) is 46.0. The zero-order valence-corrected chi connectivity index (χ0v) is 36.5. The molecule has 0 rings (SSSR count). The van der Waals surface area contributed by atoms with Gasteiger partial charge in [0.2, 0.25) is 5.91 Å². The van der Waals surface area contributed by atoms with Gasteiger partial charge in [0.1, 0.15) is 0 Å². The number of unbranched alkanes of at least 4 members (excludes halogenated alkanes) is 33. The third-order valence-electron chi connectivity index (χ3n) is 11.1. The highest BCUT2D eigenvalue weighted by molar-refractivity contribution is 5.76. The Hall–Kier alpha value is -1.39. The van der Waals surface area contributed by atoms with Crippen molar-refractivity contribution in [1.29, 1.82) is 0 Å². The van der Waals surface area contributed by atoms with Gasteiger partial charge in [0, 0.05) is 6.42 Å². The van der Waals surface area contributed by atoms with Crippen LogP contribution < -0.4 is 5.32 Å².